The molecule has 8 heteroatoms. The standard InChI is InChI=1S/C28H34N4O4/c1-5-18-8-6-7-9-22(18)31-26-20-14-25(24(35-4)15-23(20)30-16-21(26)27(29)33)36-13-12-32(17(2)3)28(34)19-10-11-19/h6-9,14-17,19H,5,10-13H2,1-4H3,(H2,29,33)(H,30,31). The minimum absolute atomic E-state index is 0.0944. The number of nitrogens with zero attached hydrogens (tertiary/aromatic N) is 2. The molecule has 0 saturated heterocycles. The van der Waals surface area contributed by atoms with Crippen LogP contribution >= 0.6 is 0 Å². The topological polar surface area (TPSA) is 107 Å². The van der Waals surface area contributed by atoms with Crippen LogP contribution in [0.2, 0.25) is 0 Å². The third-order valence-corrected chi connectivity index (χ3v) is 6.50. The van der Waals surface area contributed by atoms with Crippen LogP contribution in [0.15, 0.2) is 42.6 Å². The van der Waals surface area contributed by atoms with Crippen LogP contribution in [0.25, 0.3) is 10.9 Å². The number of para-hydroxylation sites is 1. The van der Waals surface area contributed by atoms with Crippen molar-refractivity contribution in [3.63, 3.8) is 0 Å². The van der Waals surface area contributed by atoms with Crippen LogP contribution in [0.5, 0.6) is 11.5 Å². The molecule has 1 aromatic heterocycles. The molecule has 0 bridgehead atoms. The molecule has 0 spiro atoms. The number of methoxy groups -OCH3 is 1. The molecule has 0 atom stereocenters. The minimum atomic E-state index is -0.578. The minimum Gasteiger partial charge on any atom is -0.493 e. The first kappa shape index (κ1) is 25.3. The lowest BCUT2D eigenvalue weighted by molar-refractivity contribution is -0.134. The zero-order valence-corrected chi connectivity index (χ0v) is 21.3. The van der Waals surface area contributed by atoms with E-state index in [1.165, 1.54) is 6.20 Å². The van der Waals surface area contributed by atoms with Gasteiger partial charge in [-0.2, -0.15) is 0 Å². The first-order valence-corrected chi connectivity index (χ1v) is 12.4. The molecule has 0 unspecified atom stereocenters. The third-order valence-electron chi connectivity index (χ3n) is 6.50. The Balaban J connectivity index is 1.68. The van der Waals surface area contributed by atoms with E-state index in [0.717, 1.165) is 30.5 Å². The highest BCUT2D eigenvalue weighted by atomic mass is 16.5. The summed E-state index contributed by atoms with van der Waals surface area (Å²) in [6.45, 7) is 6.89. The number of nitrogens with two attached hydrogens (primary N) is 1. The van der Waals surface area contributed by atoms with Gasteiger partial charge in [0, 0.05) is 35.3 Å². The molecule has 190 valence electrons. The summed E-state index contributed by atoms with van der Waals surface area (Å²) in [5, 5.41) is 4.10. The summed E-state index contributed by atoms with van der Waals surface area (Å²) in [4.78, 5) is 31.3. The van der Waals surface area contributed by atoms with Gasteiger partial charge in [-0.15, -0.1) is 0 Å². The predicted octanol–water partition coefficient (Wildman–Crippen LogP) is 4.67. The zero-order chi connectivity index (χ0) is 25.8. The SMILES string of the molecule is CCc1ccccc1Nc1c(C(N)=O)cnc2cc(OC)c(OCCN(C(=O)C3CC3)C(C)C)cc12. The monoisotopic (exact) mass is 490 g/mol. The largest absolute Gasteiger partial charge is 0.493 e. The lowest BCUT2D eigenvalue weighted by Crippen LogP contribution is -2.40. The van der Waals surface area contributed by atoms with Gasteiger partial charge in [-0.1, -0.05) is 25.1 Å². The van der Waals surface area contributed by atoms with Crippen LogP contribution in [0, 0.1) is 5.92 Å². The number of primary amides is 1. The molecule has 3 N–H and O–H groups in total. The summed E-state index contributed by atoms with van der Waals surface area (Å²) in [7, 11) is 1.57. The second-order valence-corrected chi connectivity index (χ2v) is 9.32. The third kappa shape index (κ3) is 5.37. The van der Waals surface area contributed by atoms with Gasteiger partial charge < -0.3 is 25.4 Å². The van der Waals surface area contributed by atoms with Gasteiger partial charge in [-0.25, -0.2) is 0 Å². The van der Waals surface area contributed by atoms with Crippen molar-refractivity contribution < 1.29 is 19.1 Å². The van der Waals surface area contributed by atoms with Gasteiger partial charge in [0.05, 0.1) is 30.4 Å². The number of rotatable bonds is 11. The number of carbonyl (C=O) groups is 2. The first-order chi connectivity index (χ1) is 17.3. The van der Waals surface area contributed by atoms with E-state index in [4.69, 9.17) is 15.2 Å². The van der Waals surface area contributed by atoms with Gasteiger partial charge in [-0.05, 0) is 50.8 Å². The summed E-state index contributed by atoms with van der Waals surface area (Å²) in [6.07, 6.45) is 4.23. The number of fused-ring (bicyclic) bond motifs is 1. The number of nitrogens with one attached hydrogen (secondary N) is 1. The van der Waals surface area contributed by atoms with Crippen molar-refractivity contribution in [2.24, 2.45) is 11.7 Å². The van der Waals surface area contributed by atoms with Crippen molar-refractivity contribution in [2.45, 2.75) is 46.1 Å². The molecule has 0 radical (unpaired) electrons. The van der Waals surface area contributed by atoms with Crippen molar-refractivity contribution in [1.29, 1.82) is 0 Å². The summed E-state index contributed by atoms with van der Waals surface area (Å²) < 4.78 is 11.7. The maximum Gasteiger partial charge on any atom is 0.252 e. The fraction of sp³-hybridized carbons (Fsp3) is 0.393. The van der Waals surface area contributed by atoms with Crippen molar-refractivity contribution >= 4 is 34.1 Å². The van der Waals surface area contributed by atoms with Gasteiger partial charge in [0.25, 0.3) is 5.91 Å². The van der Waals surface area contributed by atoms with E-state index in [0.29, 0.717) is 41.2 Å². The van der Waals surface area contributed by atoms with Crippen LogP contribution in [-0.2, 0) is 11.2 Å². The average Bonchev–Trinajstić information content (AvgIpc) is 3.71. The molecule has 1 saturated carbocycles. The number of carbonyl (C=O) groups excluding carboxylic acids is 2. The molecule has 3 aromatic rings. The van der Waals surface area contributed by atoms with Crippen molar-refractivity contribution in [1.82, 2.24) is 9.88 Å². The highest BCUT2D eigenvalue weighted by Gasteiger charge is 2.34. The van der Waals surface area contributed by atoms with Crippen LogP contribution in [0.4, 0.5) is 11.4 Å². The molecule has 1 aliphatic rings. The summed E-state index contributed by atoms with van der Waals surface area (Å²) in [6, 6.07) is 11.6. The highest BCUT2D eigenvalue weighted by molar-refractivity contribution is 6.08. The number of hydrogen-bond acceptors (Lipinski definition) is 6. The van der Waals surface area contributed by atoms with Crippen molar-refractivity contribution in [3.05, 3.63) is 53.7 Å². The van der Waals surface area contributed by atoms with Crippen LogP contribution in [0.3, 0.4) is 0 Å². The molecule has 2 amide bonds. The van der Waals surface area contributed by atoms with E-state index in [9.17, 15) is 9.59 Å². The Bertz CT molecular complexity index is 1270. The number of aromatic nitrogens is 1. The second-order valence-electron chi connectivity index (χ2n) is 9.32. The maximum absolute atomic E-state index is 12.6. The number of aryl methyl sites for hydroxylation is 1. The summed E-state index contributed by atoms with van der Waals surface area (Å²) in [5.74, 6) is 0.787. The zero-order valence-electron chi connectivity index (χ0n) is 21.3. The van der Waals surface area contributed by atoms with Gasteiger partial charge in [0.2, 0.25) is 5.91 Å². The Morgan fingerprint density at radius 1 is 1.19 bits per heavy atom. The van der Waals surface area contributed by atoms with Gasteiger partial charge >= 0.3 is 0 Å². The van der Waals surface area contributed by atoms with Crippen molar-refractivity contribution in [2.75, 3.05) is 25.6 Å². The summed E-state index contributed by atoms with van der Waals surface area (Å²) >= 11 is 0. The second kappa shape index (κ2) is 10.8. The lowest BCUT2D eigenvalue weighted by Gasteiger charge is -2.27. The lowest BCUT2D eigenvalue weighted by atomic mass is 10.1. The number of ether oxygens (including phenoxy) is 2. The van der Waals surface area contributed by atoms with Gasteiger partial charge in [-0.3, -0.25) is 14.6 Å². The number of pyridine rings is 1. The van der Waals surface area contributed by atoms with Gasteiger partial charge in [0.15, 0.2) is 11.5 Å². The van der Waals surface area contributed by atoms with Crippen molar-refractivity contribution in [3.8, 4) is 11.5 Å². The van der Waals surface area contributed by atoms with E-state index >= 15 is 0 Å². The quantitative estimate of drug-likeness (QED) is 0.404. The first-order valence-electron chi connectivity index (χ1n) is 12.4. The molecular weight excluding hydrogens is 456 g/mol. The smallest absolute Gasteiger partial charge is 0.252 e. The molecule has 36 heavy (non-hydrogen) atoms. The number of amides is 2. The molecule has 1 fully saturated rings. The van der Waals surface area contributed by atoms with E-state index in [-0.39, 0.29) is 23.4 Å². The number of anilines is 2. The van der Waals surface area contributed by atoms with Crippen LogP contribution in [-0.4, -0.2) is 48.0 Å². The van der Waals surface area contributed by atoms with E-state index in [1.54, 1.807) is 13.2 Å². The number of hydrogen-bond donors (Lipinski definition) is 2. The van der Waals surface area contributed by atoms with Gasteiger partial charge in [0.1, 0.15) is 6.61 Å². The molecular formula is C28H34N4O4. The fourth-order valence-electron chi connectivity index (χ4n) is 4.32. The fourth-order valence-corrected chi connectivity index (χ4v) is 4.32. The van der Waals surface area contributed by atoms with Crippen LogP contribution < -0.4 is 20.5 Å². The molecule has 4 rings (SSSR count). The molecule has 2 aromatic carbocycles. The summed E-state index contributed by atoms with van der Waals surface area (Å²) in [5.41, 5.74) is 9.19. The Kier molecular flexibility index (Phi) is 7.62. The number of benzene rings is 2. The predicted molar refractivity (Wildman–Crippen MR) is 141 cm³/mol. The van der Waals surface area contributed by atoms with Crippen LogP contribution in [0.1, 0.15) is 49.5 Å². The maximum atomic E-state index is 12.6. The Morgan fingerprint density at radius 3 is 2.58 bits per heavy atom. The average molecular weight is 491 g/mol. The van der Waals surface area contributed by atoms with E-state index in [2.05, 4.69) is 17.2 Å². The molecule has 1 heterocycles. The molecule has 8 nitrogen and oxygen atoms in total. The highest BCUT2D eigenvalue weighted by Crippen LogP contribution is 2.38. The van der Waals surface area contributed by atoms with E-state index < -0.39 is 5.91 Å². The molecule has 1 aliphatic carbocycles. The Labute approximate surface area is 211 Å². The Hall–Kier alpha value is -3.81. The Morgan fingerprint density at radius 2 is 1.94 bits per heavy atom. The molecule has 0 aliphatic heterocycles. The van der Waals surface area contributed by atoms with E-state index in [1.807, 2.05) is 49.1 Å². The normalized spacial score (nSPS) is 13.0.